The summed E-state index contributed by atoms with van der Waals surface area (Å²) in [6.07, 6.45) is 1.43. The second-order valence-electron chi connectivity index (χ2n) is 7.46. The van der Waals surface area contributed by atoms with Gasteiger partial charge >= 0.3 is 6.03 Å². The molecule has 3 aromatic carbocycles. The van der Waals surface area contributed by atoms with Crippen LogP contribution in [0.4, 0.5) is 10.5 Å². The maximum Gasteiger partial charge on any atom is 0.335 e. The Kier molecular flexibility index (Phi) is 7.21. The molecule has 0 radical (unpaired) electrons. The highest BCUT2D eigenvalue weighted by molar-refractivity contribution is 9.10. The first-order valence-electron chi connectivity index (χ1n) is 10.1. The third kappa shape index (κ3) is 5.09. The van der Waals surface area contributed by atoms with Gasteiger partial charge in [-0.05, 0) is 70.4 Å². The number of hydrogen-bond donors (Lipinski definition) is 1. The third-order valence-corrected chi connectivity index (χ3v) is 6.92. The quantitative estimate of drug-likeness (QED) is 0.270. The van der Waals surface area contributed by atoms with Crippen LogP contribution in [-0.2, 0) is 16.2 Å². The van der Waals surface area contributed by atoms with Crippen LogP contribution in [0, 0.1) is 6.92 Å². The fourth-order valence-corrected chi connectivity index (χ4v) is 4.36. The number of urea groups is 1. The minimum absolute atomic E-state index is 0.176. The van der Waals surface area contributed by atoms with Gasteiger partial charge in [0.25, 0.3) is 11.8 Å². The van der Waals surface area contributed by atoms with Crippen molar-refractivity contribution >= 4 is 73.1 Å². The monoisotopic (exact) mass is 602 g/mol. The number of imide groups is 2. The summed E-state index contributed by atoms with van der Waals surface area (Å²) < 4.78 is 7.49. The van der Waals surface area contributed by atoms with E-state index in [0.29, 0.717) is 27.4 Å². The van der Waals surface area contributed by atoms with Gasteiger partial charge in [0.05, 0.1) is 10.2 Å². The lowest BCUT2D eigenvalue weighted by molar-refractivity contribution is -0.122. The third-order valence-electron chi connectivity index (χ3n) is 5.12. The Balaban J connectivity index is 1.58. The molecule has 9 heteroatoms. The Hall–Kier alpha value is -2.94. The normalized spacial score (nSPS) is 15.0. The van der Waals surface area contributed by atoms with Gasteiger partial charge in [0.15, 0.2) is 0 Å². The predicted octanol–water partition coefficient (Wildman–Crippen LogP) is 6.42. The molecular weight excluding hydrogens is 588 g/mol. The highest BCUT2D eigenvalue weighted by Crippen LogP contribution is 2.30. The van der Waals surface area contributed by atoms with Crippen molar-refractivity contribution in [3.63, 3.8) is 0 Å². The van der Waals surface area contributed by atoms with Gasteiger partial charge in [-0.2, -0.15) is 0 Å². The van der Waals surface area contributed by atoms with Crippen molar-refractivity contribution in [2.75, 3.05) is 4.90 Å². The van der Waals surface area contributed by atoms with Gasteiger partial charge in [-0.1, -0.05) is 57.9 Å². The SMILES string of the molecule is Cc1ccc(N2C(=O)NC(=O)/C(=C\c3ccc(OCc4ccccc4Br)c(Br)c3)C2=O)cc1Cl. The fourth-order valence-electron chi connectivity index (χ4n) is 3.27. The molecule has 0 atom stereocenters. The molecule has 172 valence electrons. The second-order valence-corrected chi connectivity index (χ2v) is 9.58. The first-order valence-corrected chi connectivity index (χ1v) is 12.0. The Morgan fingerprint density at radius 3 is 2.47 bits per heavy atom. The van der Waals surface area contributed by atoms with Gasteiger partial charge in [-0.25, -0.2) is 9.69 Å². The van der Waals surface area contributed by atoms with E-state index in [-0.39, 0.29) is 11.3 Å². The molecule has 0 bridgehead atoms. The average molecular weight is 605 g/mol. The number of halogens is 3. The van der Waals surface area contributed by atoms with Gasteiger partial charge < -0.3 is 4.74 Å². The zero-order valence-corrected chi connectivity index (χ0v) is 21.7. The number of amides is 4. The van der Waals surface area contributed by atoms with E-state index in [1.807, 2.05) is 31.2 Å². The highest BCUT2D eigenvalue weighted by atomic mass is 79.9. The van der Waals surface area contributed by atoms with Crippen molar-refractivity contribution in [1.29, 1.82) is 0 Å². The second kappa shape index (κ2) is 10.1. The van der Waals surface area contributed by atoms with E-state index < -0.39 is 17.8 Å². The lowest BCUT2D eigenvalue weighted by atomic mass is 10.1. The van der Waals surface area contributed by atoms with Crippen LogP contribution < -0.4 is 15.0 Å². The van der Waals surface area contributed by atoms with E-state index in [1.165, 1.54) is 12.1 Å². The van der Waals surface area contributed by atoms with Crippen LogP contribution in [0.1, 0.15) is 16.7 Å². The molecule has 0 saturated carbocycles. The van der Waals surface area contributed by atoms with Crippen molar-refractivity contribution in [2.45, 2.75) is 13.5 Å². The summed E-state index contributed by atoms with van der Waals surface area (Å²) >= 11 is 13.1. The van der Waals surface area contributed by atoms with Crippen LogP contribution in [0.25, 0.3) is 6.08 Å². The molecule has 4 amide bonds. The van der Waals surface area contributed by atoms with E-state index in [4.69, 9.17) is 16.3 Å². The smallest absolute Gasteiger partial charge is 0.335 e. The van der Waals surface area contributed by atoms with E-state index in [2.05, 4.69) is 37.2 Å². The zero-order chi connectivity index (χ0) is 24.4. The summed E-state index contributed by atoms with van der Waals surface area (Å²) in [6.45, 7) is 2.17. The summed E-state index contributed by atoms with van der Waals surface area (Å²) in [7, 11) is 0. The van der Waals surface area contributed by atoms with Crippen LogP contribution in [0.3, 0.4) is 0 Å². The van der Waals surface area contributed by atoms with Crippen molar-refractivity contribution in [1.82, 2.24) is 5.32 Å². The summed E-state index contributed by atoms with van der Waals surface area (Å²) in [5.41, 5.74) is 2.47. The van der Waals surface area contributed by atoms with Crippen LogP contribution in [-0.4, -0.2) is 17.8 Å². The topological polar surface area (TPSA) is 75.7 Å². The standard InChI is InChI=1S/C25H17Br2ClN2O4/c1-14-6-8-17(12-21(14)28)30-24(32)18(23(31)29-25(30)33)10-15-7-9-22(20(27)11-15)34-13-16-4-2-3-5-19(16)26/h2-12H,13H2,1H3,(H,29,31,33)/b18-10+. The van der Waals surface area contributed by atoms with E-state index >= 15 is 0 Å². The van der Waals surface area contributed by atoms with E-state index in [0.717, 1.165) is 20.5 Å². The molecule has 34 heavy (non-hydrogen) atoms. The van der Waals surface area contributed by atoms with Gasteiger partial charge in [0, 0.05) is 15.1 Å². The van der Waals surface area contributed by atoms with Crippen molar-refractivity contribution < 1.29 is 19.1 Å². The van der Waals surface area contributed by atoms with E-state index in [1.54, 1.807) is 30.3 Å². The van der Waals surface area contributed by atoms with Crippen molar-refractivity contribution in [3.05, 3.63) is 96.9 Å². The molecule has 1 heterocycles. The predicted molar refractivity (Wildman–Crippen MR) is 138 cm³/mol. The minimum Gasteiger partial charge on any atom is -0.488 e. The molecule has 1 saturated heterocycles. The maximum absolute atomic E-state index is 13.1. The molecule has 3 aromatic rings. The van der Waals surface area contributed by atoms with Crippen molar-refractivity contribution in [3.8, 4) is 5.75 Å². The number of rotatable bonds is 5. The lowest BCUT2D eigenvalue weighted by Gasteiger charge is -2.26. The number of barbiturate groups is 1. The number of nitrogens with one attached hydrogen (secondary N) is 1. The fraction of sp³-hybridized carbons (Fsp3) is 0.0800. The minimum atomic E-state index is -0.830. The van der Waals surface area contributed by atoms with Crippen molar-refractivity contribution in [2.24, 2.45) is 0 Å². The highest BCUT2D eigenvalue weighted by Gasteiger charge is 2.37. The van der Waals surface area contributed by atoms with Crippen LogP contribution in [0.2, 0.25) is 5.02 Å². The van der Waals surface area contributed by atoms with Gasteiger partial charge in [0.2, 0.25) is 0 Å². The molecule has 6 nitrogen and oxygen atoms in total. The Morgan fingerprint density at radius 2 is 1.76 bits per heavy atom. The molecule has 0 spiro atoms. The maximum atomic E-state index is 13.1. The number of carbonyl (C=O) groups excluding carboxylic acids is 3. The molecular formula is C25H17Br2ClN2O4. The zero-order valence-electron chi connectivity index (χ0n) is 17.8. The first kappa shape index (κ1) is 24.2. The molecule has 1 fully saturated rings. The molecule has 4 rings (SSSR count). The van der Waals surface area contributed by atoms with Crippen LogP contribution >= 0.6 is 43.5 Å². The van der Waals surface area contributed by atoms with Crippen LogP contribution in [0.5, 0.6) is 5.75 Å². The molecule has 1 aliphatic rings. The molecule has 1 N–H and O–H groups in total. The Bertz CT molecular complexity index is 1360. The van der Waals surface area contributed by atoms with Gasteiger partial charge in [-0.15, -0.1) is 0 Å². The molecule has 0 aliphatic carbocycles. The molecule has 0 aromatic heterocycles. The molecule has 0 unspecified atom stereocenters. The number of anilines is 1. The largest absolute Gasteiger partial charge is 0.488 e. The summed E-state index contributed by atoms with van der Waals surface area (Å²) in [6, 6.07) is 16.9. The molecule has 1 aliphatic heterocycles. The number of carbonyl (C=O) groups is 3. The summed E-state index contributed by atoms with van der Waals surface area (Å²) in [5, 5.41) is 2.61. The number of benzene rings is 3. The Morgan fingerprint density at radius 1 is 1.00 bits per heavy atom. The van der Waals surface area contributed by atoms with E-state index in [9.17, 15) is 14.4 Å². The number of nitrogens with zero attached hydrogens (tertiary/aromatic N) is 1. The van der Waals surface area contributed by atoms with Gasteiger partial charge in [0.1, 0.15) is 17.9 Å². The summed E-state index contributed by atoms with van der Waals surface area (Å²) in [4.78, 5) is 38.8. The lowest BCUT2D eigenvalue weighted by Crippen LogP contribution is -2.54. The number of ether oxygens (including phenoxy) is 1. The number of aryl methyl sites for hydroxylation is 1. The van der Waals surface area contributed by atoms with Crippen LogP contribution in [0.15, 0.2) is 75.2 Å². The Labute approximate surface area is 217 Å². The average Bonchev–Trinajstić information content (AvgIpc) is 2.79. The van der Waals surface area contributed by atoms with Gasteiger partial charge in [-0.3, -0.25) is 14.9 Å². The summed E-state index contributed by atoms with van der Waals surface area (Å²) in [5.74, 6) is -0.905. The first-order chi connectivity index (χ1) is 16.2. The number of hydrogen-bond acceptors (Lipinski definition) is 4.